The minimum Gasteiger partial charge on any atom is -0.493 e. The van der Waals surface area contributed by atoms with Crippen molar-refractivity contribution >= 4 is 17.9 Å². The zero-order chi connectivity index (χ0) is 15.9. The highest BCUT2D eigenvalue weighted by Crippen LogP contribution is 2.34. The highest BCUT2D eigenvalue weighted by Gasteiger charge is 2.17. The molecule has 2 N–H and O–H groups in total. The predicted molar refractivity (Wildman–Crippen MR) is 83.3 cm³/mol. The molecule has 0 unspecified atom stereocenters. The maximum atomic E-state index is 12.1. The molecule has 0 bridgehead atoms. The van der Waals surface area contributed by atoms with Gasteiger partial charge in [-0.3, -0.25) is 9.59 Å². The van der Waals surface area contributed by atoms with Crippen molar-refractivity contribution in [2.45, 2.75) is 25.7 Å². The first-order valence-corrected chi connectivity index (χ1v) is 7.49. The predicted octanol–water partition coefficient (Wildman–Crippen LogP) is 1.87. The van der Waals surface area contributed by atoms with E-state index in [1.165, 1.54) is 19.6 Å². The molecule has 1 aromatic rings. The number of aldehydes is 1. The van der Waals surface area contributed by atoms with E-state index < -0.39 is 0 Å². The van der Waals surface area contributed by atoms with Crippen LogP contribution in [-0.4, -0.2) is 43.9 Å². The lowest BCUT2D eigenvalue weighted by molar-refractivity contribution is -0.132. The monoisotopic (exact) mass is 306 g/mol. The molecule has 1 fully saturated rings. The van der Waals surface area contributed by atoms with E-state index >= 15 is 0 Å². The van der Waals surface area contributed by atoms with Crippen LogP contribution in [0.25, 0.3) is 0 Å². The van der Waals surface area contributed by atoms with Gasteiger partial charge < -0.3 is 20.1 Å². The molecule has 1 amide bonds. The van der Waals surface area contributed by atoms with E-state index in [0.29, 0.717) is 35.5 Å². The summed E-state index contributed by atoms with van der Waals surface area (Å²) in [4.78, 5) is 24.8. The summed E-state index contributed by atoms with van der Waals surface area (Å²) in [5, 5.41) is 0. The van der Waals surface area contributed by atoms with Gasteiger partial charge in [-0.2, -0.15) is 0 Å². The maximum Gasteiger partial charge on any atom is 0.225 e. The van der Waals surface area contributed by atoms with Crippen molar-refractivity contribution in [1.29, 1.82) is 0 Å². The molecular formula is C16H22N2O4. The second-order valence-corrected chi connectivity index (χ2v) is 5.30. The van der Waals surface area contributed by atoms with Gasteiger partial charge >= 0.3 is 0 Å². The molecule has 0 aliphatic carbocycles. The van der Waals surface area contributed by atoms with Gasteiger partial charge in [0.25, 0.3) is 0 Å². The van der Waals surface area contributed by atoms with Crippen LogP contribution in [0.1, 0.15) is 36.0 Å². The van der Waals surface area contributed by atoms with E-state index in [0.717, 1.165) is 25.9 Å². The zero-order valence-corrected chi connectivity index (χ0v) is 12.8. The minimum absolute atomic E-state index is 0.0988. The van der Waals surface area contributed by atoms with E-state index in [-0.39, 0.29) is 12.5 Å². The molecule has 0 radical (unpaired) electrons. The van der Waals surface area contributed by atoms with Crippen LogP contribution in [0, 0.1) is 0 Å². The molecule has 0 aromatic heterocycles. The van der Waals surface area contributed by atoms with Crippen LogP contribution in [-0.2, 0) is 4.79 Å². The van der Waals surface area contributed by atoms with Crippen molar-refractivity contribution in [3.8, 4) is 11.5 Å². The first-order chi connectivity index (χ1) is 10.7. The number of ether oxygens (including phenoxy) is 2. The molecule has 6 heteroatoms. The van der Waals surface area contributed by atoms with Gasteiger partial charge in [-0.1, -0.05) is 0 Å². The summed E-state index contributed by atoms with van der Waals surface area (Å²) in [6, 6.07) is 3.09. The molecule has 120 valence electrons. The van der Waals surface area contributed by atoms with Gasteiger partial charge in [-0.15, -0.1) is 0 Å². The SMILES string of the molecule is COc1cc(C=O)cc(N)c1OCCC(=O)N1CCCCC1. The Balaban J connectivity index is 1.93. The number of carbonyl (C=O) groups excluding carboxylic acids is 2. The Labute approximate surface area is 130 Å². The number of hydrogen-bond acceptors (Lipinski definition) is 5. The summed E-state index contributed by atoms with van der Waals surface area (Å²) < 4.78 is 10.8. The number of piperidine rings is 1. The van der Waals surface area contributed by atoms with E-state index in [4.69, 9.17) is 15.2 Å². The summed E-state index contributed by atoms with van der Waals surface area (Å²) in [5.74, 6) is 0.869. The number of anilines is 1. The molecule has 0 spiro atoms. The van der Waals surface area contributed by atoms with E-state index in [9.17, 15) is 9.59 Å². The molecule has 22 heavy (non-hydrogen) atoms. The third-order valence-corrected chi connectivity index (χ3v) is 3.73. The second kappa shape index (κ2) is 7.68. The lowest BCUT2D eigenvalue weighted by Gasteiger charge is -2.26. The Kier molecular flexibility index (Phi) is 5.63. The van der Waals surface area contributed by atoms with Crippen LogP contribution in [0.2, 0.25) is 0 Å². The summed E-state index contributed by atoms with van der Waals surface area (Å²) in [7, 11) is 1.48. The molecule has 1 aliphatic rings. The van der Waals surface area contributed by atoms with Crippen LogP contribution in [0.15, 0.2) is 12.1 Å². The number of benzene rings is 1. The van der Waals surface area contributed by atoms with Crippen molar-refractivity contribution in [3.63, 3.8) is 0 Å². The Hall–Kier alpha value is -2.24. The van der Waals surface area contributed by atoms with Crippen LogP contribution in [0.4, 0.5) is 5.69 Å². The van der Waals surface area contributed by atoms with Crippen molar-refractivity contribution in [2.24, 2.45) is 0 Å². The largest absolute Gasteiger partial charge is 0.493 e. The first-order valence-electron chi connectivity index (χ1n) is 7.49. The number of nitrogens with two attached hydrogens (primary N) is 1. The average molecular weight is 306 g/mol. The molecule has 0 atom stereocenters. The van der Waals surface area contributed by atoms with Crippen LogP contribution in [0.3, 0.4) is 0 Å². The summed E-state index contributed by atoms with van der Waals surface area (Å²) in [5.41, 5.74) is 6.62. The van der Waals surface area contributed by atoms with Crippen molar-refractivity contribution in [1.82, 2.24) is 4.90 Å². The molecule has 1 aliphatic heterocycles. The van der Waals surface area contributed by atoms with Gasteiger partial charge in [-0.25, -0.2) is 0 Å². The number of nitrogens with zero attached hydrogens (tertiary/aromatic N) is 1. The highest BCUT2D eigenvalue weighted by atomic mass is 16.5. The van der Waals surface area contributed by atoms with Crippen LogP contribution < -0.4 is 15.2 Å². The number of rotatable bonds is 6. The smallest absolute Gasteiger partial charge is 0.225 e. The van der Waals surface area contributed by atoms with E-state index in [1.807, 2.05) is 4.90 Å². The standard InChI is InChI=1S/C16H22N2O4/c1-21-14-10-12(11-19)9-13(17)16(14)22-8-5-15(20)18-6-3-2-4-7-18/h9-11H,2-8,17H2,1H3. The third-order valence-electron chi connectivity index (χ3n) is 3.73. The molecular weight excluding hydrogens is 284 g/mol. The molecule has 0 saturated carbocycles. The Morgan fingerprint density at radius 2 is 2.05 bits per heavy atom. The fourth-order valence-electron chi connectivity index (χ4n) is 2.56. The third kappa shape index (κ3) is 3.90. The number of nitrogen functional groups attached to an aromatic ring is 1. The van der Waals surface area contributed by atoms with E-state index in [2.05, 4.69) is 0 Å². The fraction of sp³-hybridized carbons (Fsp3) is 0.500. The van der Waals surface area contributed by atoms with Crippen molar-refractivity contribution in [3.05, 3.63) is 17.7 Å². The van der Waals surface area contributed by atoms with E-state index in [1.54, 1.807) is 6.07 Å². The number of methoxy groups -OCH3 is 1. The lowest BCUT2D eigenvalue weighted by atomic mass is 10.1. The quantitative estimate of drug-likeness (QED) is 0.641. The number of amides is 1. The lowest BCUT2D eigenvalue weighted by Crippen LogP contribution is -2.36. The fourth-order valence-corrected chi connectivity index (χ4v) is 2.56. The topological polar surface area (TPSA) is 81.9 Å². The van der Waals surface area contributed by atoms with Gasteiger partial charge in [0.15, 0.2) is 11.5 Å². The Bertz CT molecular complexity index is 539. The number of hydrogen-bond donors (Lipinski definition) is 1. The average Bonchev–Trinajstić information content (AvgIpc) is 2.56. The molecule has 6 nitrogen and oxygen atoms in total. The van der Waals surface area contributed by atoms with Crippen LogP contribution in [0.5, 0.6) is 11.5 Å². The highest BCUT2D eigenvalue weighted by molar-refractivity contribution is 5.80. The first kappa shape index (κ1) is 16.1. The van der Waals surface area contributed by atoms with Gasteiger partial charge in [-0.05, 0) is 31.4 Å². The van der Waals surface area contributed by atoms with Gasteiger partial charge in [0, 0.05) is 18.7 Å². The Morgan fingerprint density at radius 3 is 2.68 bits per heavy atom. The van der Waals surface area contributed by atoms with Crippen LogP contribution >= 0.6 is 0 Å². The number of likely N-dealkylation sites (tertiary alicyclic amines) is 1. The number of carbonyl (C=O) groups is 2. The zero-order valence-electron chi connectivity index (χ0n) is 12.8. The summed E-state index contributed by atoms with van der Waals surface area (Å²) in [6.45, 7) is 1.90. The Morgan fingerprint density at radius 1 is 1.32 bits per heavy atom. The molecule has 1 aromatic carbocycles. The molecule has 2 rings (SSSR count). The van der Waals surface area contributed by atoms with Gasteiger partial charge in [0.1, 0.15) is 6.29 Å². The van der Waals surface area contributed by atoms with Crippen molar-refractivity contribution in [2.75, 3.05) is 32.5 Å². The van der Waals surface area contributed by atoms with Gasteiger partial charge in [0.05, 0.1) is 25.8 Å². The second-order valence-electron chi connectivity index (χ2n) is 5.30. The summed E-state index contributed by atoms with van der Waals surface area (Å²) >= 11 is 0. The van der Waals surface area contributed by atoms with Gasteiger partial charge in [0.2, 0.25) is 5.91 Å². The van der Waals surface area contributed by atoms with Crippen molar-refractivity contribution < 1.29 is 19.1 Å². The molecule has 1 heterocycles. The minimum atomic E-state index is 0.0988. The normalized spacial score (nSPS) is 14.5. The maximum absolute atomic E-state index is 12.1. The molecule has 1 saturated heterocycles. The summed E-state index contributed by atoms with van der Waals surface area (Å²) in [6.07, 6.45) is 4.33.